The number of hydrogen-bond acceptors (Lipinski definition) is 4. The number of ether oxygens (including phenoxy) is 2. The van der Waals surface area contributed by atoms with Crippen molar-refractivity contribution in [1.82, 2.24) is 9.78 Å². The summed E-state index contributed by atoms with van der Waals surface area (Å²) in [4.78, 5) is 0. The molecule has 2 rings (SSSR count). The van der Waals surface area contributed by atoms with Crippen LogP contribution in [0.3, 0.4) is 0 Å². The molecule has 0 unspecified atom stereocenters. The number of nitrogens with one attached hydrogen (secondary N) is 1. The van der Waals surface area contributed by atoms with Gasteiger partial charge in [0.05, 0.1) is 30.6 Å². The molecule has 1 aromatic heterocycles. The van der Waals surface area contributed by atoms with Gasteiger partial charge in [0, 0.05) is 31.3 Å². The Kier molecular flexibility index (Phi) is 4.85. The molecule has 0 aliphatic rings. The van der Waals surface area contributed by atoms with Gasteiger partial charge in [-0.15, -0.1) is 0 Å². The molecular formula is C14H17Cl2N3O2. The van der Waals surface area contributed by atoms with E-state index in [-0.39, 0.29) is 0 Å². The molecule has 21 heavy (non-hydrogen) atoms. The minimum absolute atomic E-state index is 0.496. The number of anilines is 1. The highest BCUT2D eigenvalue weighted by molar-refractivity contribution is 6.32. The van der Waals surface area contributed by atoms with Crippen LogP contribution in [0.2, 0.25) is 10.2 Å². The van der Waals surface area contributed by atoms with Crippen molar-refractivity contribution in [1.29, 1.82) is 0 Å². The standard InChI is InChI=1S/C14H17Cl2N3O2/c1-8-9(14(16)19(2)18-8)7-17-11-6-12(20-3)10(15)5-13(11)21-4/h5-6,17H,7H2,1-4H3. The maximum absolute atomic E-state index is 6.22. The molecule has 0 saturated heterocycles. The molecule has 1 heterocycles. The van der Waals surface area contributed by atoms with Gasteiger partial charge in [0.15, 0.2) is 0 Å². The predicted octanol–water partition coefficient (Wildman–Crippen LogP) is 3.66. The molecule has 1 N–H and O–H groups in total. The number of rotatable bonds is 5. The lowest BCUT2D eigenvalue weighted by Crippen LogP contribution is -2.03. The Balaban J connectivity index is 2.27. The van der Waals surface area contributed by atoms with Gasteiger partial charge in [-0.2, -0.15) is 5.10 Å². The zero-order valence-electron chi connectivity index (χ0n) is 12.3. The van der Waals surface area contributed by atoms with Crippen molar-refractivity contribution in [3.8, 4) is 11.5 Å². The monoisotopic (exact) mass is 329 g/mol. The van der Waals surface area contributed by atoms with E-state index in [1.54, 1.807) is 31.0 Å². The van der Waals surface area contributed by atoms with E-state index >= 15 is 0 Å². The summed E-state index contributed by atoms with van der Waals surface area (Å²) >= 11 is 12.3. The van der Waals surface area contributed by atoms with Crippen molar-refractivity contribution in [2.75, 3.05) is 19.5 Å². The van der Waals surface area contributed by atoms with Gasteiger partial charge in [-0.25, -0.2) is 0 Å². The summed E-state index contributed by atoms with van der Waals surface area (Å²) in [6, 6.07) is 3.50. The minimum Gasteiger partial charge on any atom is -0.495 e. The Bertz CT molecular complexity index is 656. The minimum atomic E-state index is 0.496. The summed E-state index contributed by atoms with van der Waals surface area (Å²) in [6.07, 6.45) is 0. The summed E-state index contributed by atoms with van der Waals surface area (Å²) < 4.78 is 12.2. The molecule has 0 aliphatic carbocycles. The van der Waals surface area contributed by atoms with Gasteiger partial charge < -0.3 is 14.8 Å². The van der Waals surface area contributed by atoms with Crippen molar-refractivity contribution in [3.63, 3.8) is 0 Å². The van der Waals surface area contributed by atoms with Crippen LogP contribution in [0.4, 0.5) is 5.69 Å². The van der Waals surface area contributed by atoms with E-state index in [1.807, 2.05) is 14.0 Å². The maximum Gasteiger partial charge on any atom is 0.143 e. The molecule has 5 nitrogen and oxygen atoms in total. The van der Waals surface area contributed by atoms with E-state index in [4.69, 9.17) is 32.7 Å². The fourth-order valence-corrected chi connectivity index (χ4v) is 2.53. The first-order chi connectivity index (χ1) is 9.97. The van der Waals surface area contributed by atoms with E-state index in [0.29, 0.717) is 28.2 Å². The lowest BCUT2D eigenvalue weighted by molar-refractivity contribution is 0.404. The van der Waals surface area contributed by atoms with Crippen molar-refractivity contribution < 1.29 is 9.47 Å². The molecule has 0 saturated carbocycles. The third-order valence-corrected chi connectivity index (χ3v) is 3.97. The Hall–Kier alpha value is -1.59. The SMILES string of the molecule is COc1cc(NCc2c(C)nn(C)c2Cl)c(OC)cc1Cl. The highest BCUT2D eigenvalue weighted by Gasteiger charge is 2.13. The van der Waals surface area contributed by atoms with Crippen LogP contribution in [0.15, 0.2) is 12.1 Å². The Labute approximate surface area is 133 Å². The molecule has 0 bridgehead atoms. The van der Waals surface area contributed by atoms with Gasteiger partial charge in [-0.3, -0.25) is 4.68 Å². The number of hydrogen-bond donors (Lipinski definition) is 1. The summed E-state index contributed by atoms with van der Waals surface area (Å²) in [5, 5.41) is 8.66. The molecule has 0 atom stereocenters. The molecule has 2 aromatic rings. The van der Waals surface area contributed by atoms with E-state index < -0.39 is 0 Å². The Morgan fingerprint density at radius 1 is 1.19 bits per heavy atom. The van der Waals surface area contributed by atoms with Crippen molar-refractivity contribution >= 4 is 28.9 Å². The quantitative estimate of drug-likeness (QED) is 0.909. The molecular weight excluding hydrogens is 313 g/mol. The van der Waals surface area contributed by atoms with Crippen LogP contribution in [0.1, 0.15) is 11.3 Å². The van der Waals surface area contributed by atoms with Gasteiger partial charge in [-0.05, 0) is 6.92 Å². The van der Waals surface area contributed by atoms with Gasteiger partial charge >= 0.3 is 0 Å². The fourth-order valence-electron chi connectivity index (χ4n) is 2.06. The first-order valence-corrected chi connectivity index (χ1v) is 7.06. The van der Waals surface area contributed by atoms with Crippen molar-refractivity contribution in [2.24, 2.45) is 7.05 Å². The van der Waals surface area contributed by atoms with Crippen LogP contribution in [-0.4, -0.2) is 24.0 Å². The summed E-state index contributed by atoms with van der Waals surface area (Å²) in [5.41, 5.74) is 2.60. The number of aromatic nitrogens is 2. The maximum atomic E-state index is 6.22. The molecule has 0 spiro atoms. The van der Waals surface area contributed by atoms with Crippen LogP contribution in [0.5, 0.6) is 11.5 Å². The number of aryl methyl sites for hydroxylation is 2. The second-order valence-electron chi connectivity index (χ2n) is 4.52. The Morgan fingerprint density at radius 2 is 1.86 bits per heavy atom. The second-order valence-corrected chi connectivity index (χ2v) is 5.28. The average Bonchev–Trinajstić information content (AvgIpc) is 2.70. The van der Waals surface area contributed by atoms with Crippen LogP contribution in [-0.2, 0) is 13.6 Å². The summed E-state index contributed by atoms with van der Waals surface area (Å²) in [7, 11) is 4.97. The number of nitrogens with zero attached hydrogens (tertiary/aromatic N) is 2. The molecule has 114 valence electrons. The van der Waals surface area contributed by atoms with Crippen molar-refractivity contribution in [2.45, 2.75) is 13.5 Å². The highest BCUT2D eigenvalue weighted by Crippen LogP contribution is 2.36. The van der Waals surface area contributed by atoms with Gasteiger partial charge in [0.25, 0.3) is 0 Å². The molecule has 0 amide bonds. The van der Waals surface area contributed by atoms with Gasteiger partial charge in [0.1, 0.15) is 16.7 Å². The smallest absolute Gasteiger partial charge is 0.143 e. The summed E-state index contributed by atoms with van der Waals surface area (Å²) in [5.74, 6) is 1.22. The van der Waals surface area contributed by atoms with Gasteiger partial charge in [0.2, 0.25) is 0 Å². The van der Waals surface area contributed by atoms with E-state index in [0.717, 1.165) is 16.9 Å². The third-order valence-electron chi connectivity index (χ3n) is 3.20. The highest BCUT2D eigenvalue weighted by atomic mass is 35.5. The second kappa shape index (κ2) is 6.45. The zero-order chi connectivity index (χ0) is 15.6. The first-order valence-electron chi connectivity index (χ1n) is 6.31. The third kappa shape index (κ3) is 3.19. The molecule has 1 aromatic carbocycles. The van der Waals surface area contributed by atoms with Crippen LogP contribution >= 0.6 is 23.2 Å². The number of halogens is 2. The predicted molar refractivity (Wildman–Crippen MR) is 84.8 cm³/mol. The summed E-state index contributed by atoms with van der Waals surface area (Å²) in [6.45, 7) is 2.45. The van der Waals surface area contributed by atoms with E-state index in [1.165, 1.54) is 0 Å². The lowest BCUT2D eigenvalue weighted by Gasteiger charge is -2.14. The first kappa shape index (κ1) is 15.8. The zero-order valence-corrected chi connectivity index (χ0v) is 13.8. The number of benzene rings is 1. The van der Waals surface area contributed by atoms with E-state index in [2.05, 4.69) is 10.4 Å². The molecule has 0 aliphatic heterocycles. The molecule has 0 fully saturated rings. The largest absolute Gasteiger partial charge is 0.495 e. The van der Waals surface area contributed by atoms with Crippen molar-refractivity contribution in [3.05, 3.63) is 33.6 Å². The number of methoxy groups -OCH3 is 2. The van der Waals surface area contributed by atoms with Gasteiger partial charge in [-0.1, -0.05) is 23.2 Å². The van der Waals surface area contributed by atoms with Crippen LogP contribution in [0, 0.1) is 6.92 Å². The fraction of sp³-hybridized carbons (Fsp3) is 0.357. The average molecular weight is 330 g/mol. The topological polar surface area (TPSA) is 48.3 Å². The Morgan fingerprint density at radius 3 is 2.38 bits per heavy atom. The normalized spacial score (nSPS) is 10.6. The molecule has 7 heteroatoms. The molecule has 0 radical (unpaired) electrons. The van der Waals surface area contributed by atoms with Crippen LogP contribution < -0.4 is 14.8 Å². The lowest BCUT2D eigenvalue weighted by atomic mass is 10.2. The van der Waals surface area contributed by atoms with Crippen LogP contribution in [0.25, 0.3) is 0 Å². The van der Waals surface area contributed by atoms with E-state index in [9.17, 15) is 0 Å².